The molecule has 1 saturated heterocycles. The number of benzene rings is 1. The normalized spacial score (nSPS) is 27.2. The van der Waals surface area contributed by atoms with Crippen molar-refractivity contribution in [2.45, 2.75) is 63.7 Å². The summed E-state index contributed by atoms with van der Waals surface area (Å²) >= 11 is 0. The minimum absolute atomic E-state index is 0.199. The lowest BCUT2D eigenvalue weighted by Gasteiger charge is -2.42. The number of nitrogens with two attached hydrogens (primary N) is 1. The lowest BCUT2D eigenvalue weighted by atomic mass is 9.85. The molecule has 4 rings (SSSR count). The smallest absolute Gasteiger partial charge is 0.255 e. The molecular weight excluding hydrogens is 338 g/mol. The predicted molar refractivity (Wildman–Crippen MR) is 106 cm³/mol. The zero-order valence-electron chi connectivity index (χ0n) is 16.5. The average molecular weight is 372 g/mol. The van der Waals surface area contributed by atoms with E-state index in [4.69, 9.17) is 10.5 Å². The van der Waals surface area contributed by atoms with Crippen molar-refractivity contribution < 1.29 is 9.53 Å². The summed E-state index contributed by atoms with van der Waals surface area (Å²) in [5, 5.41) is 0. The Morgan fingerprint density at radius 3 is 2.48 bits per heavy atom. The average Bonchev–Trinajstić information content (AvgIpc) is 3.06. The van der Waals surface area contributed by atoms with Gasteiger partial charge in [0.05, 0.1) is 0 Å². The molecule has 1 saturated carbocycles. The summed E-state index contributed by atoms with van der Waals surface area (Å²) in [5.41, 5.74) is 8.87. The molecule has 1 aliphatic carbocycles. The molecule has 0 unspecified atom stereocenters. The highest BCUT2D eigenvalue weighted by Crippen LogP contribution is 2.33. The number of likely N-dealkylation sites (tertiary alicyclic amines) is 1. The van der Waals surface area contributed by atoms with E-state index in [0.717, 1.165) is 67.7 Å². The van der Waals surface area contributed by atoms with Crippen LogP contribution in [0.25, 0.3) is 0 Å². The molecule has 0 radical (unpaired) electrons. The van der Waals surface area contributed by atoms with Gasteiger partial charge in [-0.3, -0.25) is 4.79 Å². The van der Waals surface area contributed by atoms with Gasteiger partial charge in [-0.2, -0.15) is 0 Å². The van der Waals surface area contributed by atoms with Crippen molar-refractivity contribution in [2.24, 2.45) is 11.7 Å². The molecule has 148 valence electrons. The molecule has 2 aliphatic heterocycles. The van der Waals surface area contributed by atoms with E-state index in [0.29, 0.717) is 12.6 Å². The first kappa shape index (κ1) is 18.9. The molecule has 2 N–H and O–H groups in total. The zero-order valence-corrected chi connectivity index (χ0v) is 16.5. The Balaban J connectivity index is 1.32. The van der Waals surface area contributed by atoms with Crippen molar-refractivity contribution in [3.05, 3.63) is 34.9 Å². The van der Waals surface area contributed by atoms with Crippen molar-refractivity contribution >= 4 is 5.91 Å². The summed E-state index contributed by atoms with van der Waals surface area (Å²) in [6, 6.07) is 7.20. The third kappa shape index (κ3) is 3.78. The number of amides is 1. The van der Waals surface area contributed by atoms with Crippen molar-refractivity contribution in [3.63, 3.8) is 0 Å². The van der Waals surface area contributed by atoms with Gasteiger partial charge < -0.3 is 20.3 Å². The Bertz CT molecular complexity index is 662. The number of methoxy groups -OCH3 is 1. The van der Waals surface area contributed by atoms with Gasteiger partial charge in [0.2, 0.25) is 0 Å². The largest absolute Gasteiger partial charge is 0.384 e. The fourth-order valence-corrected chi connectivity index (χ4v) is 5.40. The Labute approximate surface area is 162 Å². The minimum atomic E-state index is 0.199. The summed E-state index contributed by atoms with van der Waals surface area (Å²) in [7, 11) is 1.81. The highest BCUT2D eigenvalue weighted by atomic mass is 16.5. The number of carbonyl (C=O) groups is 1. The van der Waals surface area contributed by atoms with E-state index in [1.54, 1.807) is 0 Å². The van der Waals surface area contributed by atoms with Crippen LogP contribution in [0.1, 0.15) is 60.0 Å². The number of carbonyl (C=O) groups excluding carboxylic acids is 1. The fourth-order valence-electron chi connectivity index (χ4n) is 5.40. The number of hydrogen-bond acceptors (Lipinski definition) is 4. The summed E-state index contributed by atoms with van der Waals surface area (Å²) in [6.07, 6.45) is 7.37. The van der Waals surface area contributed by atoms with Crippen LogP contribution in [-0.2, 0) is 17.8 Å². The number of nitrogens with zero attached hydrogens (tertiary/aromatic N) is 2. The van der Waals surface area contributed by atoms with Gasteiger partial charge in [-0.15, -0.1) is 0 Å². The molecular formula is C22H33N3O2. The number of ether oxygens (including phenoxy) is 1. The summed E-state index contributed by atoms with van der Waals surface area (Å²) < 4.78 is 5.33. The summed E-state index contributed by atoms with van der Waals surface area (Å²) in [6.45, 7) is 4.35. The van der Waals surface area contributed by atoms with Crippen LogP contribution in [0.15, 0.2) is 18.2 Å². The van der Waals surface area contributed by atoms with E-state index in [1.807, 2.05) is 19.2 Å². The van der Waals surface area contributed by atoms with E-state index >= 15 is 0 Å². The molecule has 5 heteroatoms. The quantitative estimate of drug-likeness (QED) is 0.865. The van der Waals surface area contributed by atoms with Crippen LogP contribution in [0.4, 0.5) is 0 Å². The van der Waals surface area contributed by atoms with Gasteiger partial charge in [-0.05, 0) is 55.6 Å². The van der Waals surface area contributed by atoms with Crippen molar-refractivity contribution in [1.29, 1.82) is 0 Å². The van der Waals surface area contributed by atoms with Gasteiger partial charge >= 0.3 is 0 Å². The van der Waals surface area contributed by atoms with Crippen LogP contribution in [0.2, 0.25) is 0 Å². The van der Waals surface area contributed by atoms with Gasteiger partial charge in [0.25, 0.3) is 5.91 Å². The monoisotopic (exact) mass is 371 g/mol. The van der Waals surface area contributed by atoms with Gasteiger partial charge in [0.15, 0.2) is 0 Å². The lowest BCUT2D eigenvalue weighted by Crippen LogP contribution is -2.49. The third-order valence-electron chi connectivity index (χ3n) is 6.95. The standard InChI is InChI=1S/C22H33N3O2/c1-27-15-16-5-7-19(8-6-16)24-11-9-20(10-12-24)25-14-18-4-2-3-17(13-23)21(18)22(25)26/h2-4,16,19-20H,5-15,23H2,1H3. The first-order chi connectivity index (χ1) is 13.2. The number of hydrogen-bond donors (Lipinski definition) is 1. The summed E-state index contributed by atoms with van der Waals surface area (Å²) in [5.74, 6) is 0.950. The van der Waals surface area contributed by atoms with Crippen LogP contribution in [-0.4, -0.2) is 54.6 Å². The van der Waals surface area contributed by atoms with Crippen molar-refractivity contribution in [2.75, 3.05) is 26.8 Å². The van der Waals surface area contributed by atoms with Crippen molar-refractivity contribution in [1.82, 2.24) is 9.80 Å². The Hall–Kier alpha value is -1.43. The van der Waals surface area contributed by atoms with Crippen LogP contribution in [0.3, 0.4) is 0 Å². The van der Waals surface area contributed by atoms with Gasteiger partial charge in [-0.1, -0.05) is 18.2 Å². The van der Waals surface area contributed by atoms with Crippen molar-refractivity contribution in [3.8, 4) is 0 Å². The Morgan fingerprint density at radius 1 is 1.07 bits per heavy atom. The van der Waals surface area contributed by atoms with Gasteiger partial charge in [0, 0.05) is 57.5 Å². The van der Waals surface area contributed by atoms with E-state index in [1.165, 1.54) is 25.7 Å². The van der Waals surface area contributed by atoms with Crippen LogP contribution in [0.5, 0.6) is 0 Å². The topological polar surface area (TPSA) is 58.8 Å². The van der Waals surface area contributed by atoms with E-state index in [2.05, 4.69) is 15.9 Å². The van der Waals surface area contributed by atoms with E-state index in [-0.39, 0.29) is 5.91 Å². The highest BCUT2D eigenvalue weighted by Gasteiger charge is 2.37. The molecule has 0 bridgehead atoms. The molecule has 1 aromatic rings. The molecule has 2 fully saturated rings. The Morgan fingerprint density at radius 2 is 1.81 bits per heavy atom. The highest BCUT2D eigenvalue weighted by molar-refractivity contribution is 6.00. The lowest BCUT2D eigenvalue weighted by molar-refractivity contribution is 0.0435. The van der Waals surface area contributed by atoms with Crippen LogP contribution in [0, 0.1) is 5.92 Å². The number of piperidine rings is 1. The molecule has 0 aromatic heterocycles. The minimum Gasteiger partial charge on any atom is -0.384 e. The molecule has 0 atom stereocenters. The number of rotatable bonds is 5. The summed E-state index contributed by atoms with van der Waals surface area (Å²) in [4.78, 5) is 17.8. The zero-order chi connectivity index (χ0) is 18.8. The van der Waals surface area contributed by atoms with Crippen LogP contribution >= 0.6 is 0 Å². The predicted octanol–water partition coefficient (Wildman–Crippen LogP) is 2.77. The molecule has 27 heavy (non-hydrogen) atoms. The fraction of sp³-hybridized carbons (Fsp3) is 0.682. The first-order valence-electron chi connectivity index (χ1n) is 10.6. The Kier molecular flexibility index (Phi) is 5.81. The van der Waals surface area contributed by atoms with E-state index in [9.17, 15) is 4.79 Å². The SMILES string of the molecule is COCC1CCC(N2CCC(N3Cc4cccc(CN)c4C3=O)CC2)CC1. The molecule has 5 nitrogen and oxygen atoms in total. The second-order valence-corrected chi connectivity index (χ2v) is 8.49. The van der Waals surface area contributed by atoms with E-state index < -0.39 is 0 Å². The maximum Gasteiger partial charge on any atom is 0.255 e. The third-order valence-corrected chi connectivity index (χ3v) is 6.95. The maximum absolute atomic E-state index is 13.0. The van der Waals surface area contributed by atoms with Gasteiger partial charge in [-0.25, -0.2) is 0 Å². The second kappa shape index (κ2) is 8.29. The first-order valence-corrected chi connectivity index (χ1v) is 10.6. The molecule has 1 amide bonds. The second-order valence-electron chi connectivity index (χ2n) is 8.49. The number of fused-ring (bicyclic) bond motifs is 1. The molecule has 3 aliphatic rings. The molecule has 1 aromatic carbocycles. The van der Waals surface area contributed by atoms with Gasteiger partial charge in [0.1, 0.15) is 0 Å². The maximum atomic E-state index is 13.0. The molecule has 2 heterocycles. The molecule has 0 spiro atoms. The van der Waals surface area contributed by atoms with Crippen LogP contribution < -0.4 is 5.73 Å².